The Kier molecular flexibility index (Phi) is 3.31. The number of rotatable bonds is 2. The number of thioether (sulfide) groups is 2. The molecule has 2 atom stereocenters. The van der Waals surface area contributed by atoms with Crippen LogP contribution in [0.2, 0.25) is 0 Å². The maximum absolute atomic E-state index is 14.5. The lowest BCUT2D eigenvalue weighted by atomic mass is 9.80. The van der Waals surface area contributed by atoms with Crippen molar-refractivity contribution in [1.82, 2.24) is 0 Å². The zero-order valence-electron chi connectivity index (χ0n) is 12.7. The molecule has 136 valence electrons. The summed E-state index contributed by atoms with van der Waals surface area (Å²) in [5.74, 6) is -15.7. The summed E-state index contributed by atoms with van der Waals surface area (Å²) in [5, 5.41) is 2.72. The van der Waals surface area contributed by atoms with Crippen molar-refractivity contribution in [1.29, 1.82) is 0 Å². The summed E-state index contributed by atoms with van der Waals surface area (Å²) >= 11 is 1.84. The van der Waals surface area contributed by atoms with Crippen LogP contribution in [0.4, 0.5) is 26.3 Å². The van der Waals surface area contributed by atoms with Crippen molar-refractivity contribution in [3.05, 3.63) is 45.3 Å². The molecule has 2 nitrogen and oxygen atoms in total. The molecule has 10 heteroatoms. The van der Waals surface area contributed by atoms with Crippen molar-refractivity contribution in [3.8, 4) is 0 Å². The van der Waals surface area contributed by atoms with Crippen molar-refractivity contribution < 1.29 is 35.8 Å². The predicted octanol–water partition coefficient (Wildman–Crippen LogP) is 4.72. The Bertz CT molecular complexity index is 736. The van der Waals surface area contributed by atoms with Gasteiger partial charge in [-0.3, -0.25) is 0 Å². The maximum Gasteiger partial charge on any atom is 0.380 e. The number of alkyl halides is 6. The summed E-state index contributed by atoms with van der Waals surface area (Å²) in [6.45, 7) is 0. The number of hydrogen-bond acceptors (Lipinski definition) is 4. The number of hydrogen-bond donors (Lipinski definition) is 0. The topological polar surface area (TPSA) is 18.5 Å². The molecule has 0 aromatic rings. The van der Waals surface area contributed by atoms with Gasteiger partial charge in [-0.1, -0.05) is 23.5 Å². The standard InChI is InChI=1S/C15H10F6O2S2/c1-22-13-7(3-5-24-13)9-10(8-4-6-25-14(8,13)23-2)12(18,19)15(20,21)11(9,16)17/h3-6H,1-2H3/t13-,14-/m1/s1. The zero-order valence-corrected chi connectivity index (χ0v) is 14.3. The van der Waals surface area contributed by atoms with Crippen LogP contribution in [0.5, 0.6) is 0 Å². The molecule has 0 saturated heterocycles. The third kappa shape index (κ3) is 1.54. The minimum atomic E-state index is -5.56. The van der Waals surface area contributed by atoms with Crippen LogP contribution in [0.25, 0.3) is 0 Å². The smallest absolute Gasteiger partial charge is 0.358 e. The van der Waals surface area contributed by atoms with Gasteiger partial charge >= 0.3 is 17.8 Å². The lowest BCUT2D eigenvalue weighted by Gasteiger charge is -2.48. The molecule has 0 amide bonds. The van der Waals surface area contributed by atoms with E-state index in [2.05, 4.69) is 0 Å². The predicted molar refractivity (Wildman–Crippen MR) is 81.8 cm³/mol. The monoisotopic (exact) mass is 400 g/mol. The van der Waals surface area contributed by atoms with E-state index in [9.17, 15) is 26.3 Å². The number of methoxy groups -OCH3 is 2. The quantitative estimate of drug-likeness (QED) is 0.625. The van der Waals surface area contributed by atoms with Gasteiger partial charge in [0.1, 0.15) is 0 Å². The molecule has 2 aliphatic carbocycles. The Labute approximate surface area is 147 Å². The highest BCUT2D eigenvalue weighted by molar-refractivity contribution is 8.08. The molecule has 4 rings (SSSR count). The fourth-order valence-corrected chi connectivity index (χ4v) is 6.33. The van der Waals surface area contributed by atoms with Crippen LogP contribution >= 0.6 is 23.5 Å². The van der Waals surface area contributed by atoms with Crippen LogP contribution in [0, 0.1) is 0 Å². The first-order valence-electron chi connectivity index (χ1n) is 6.98. The average Bonchev–Trinajstić information content (AvgIpc) is 3.19. The lowest BCUT2D eigenvalue weighted by Crippen LogP contribution is -2.55. The van der Waals surface area contributed by atoms with Crippen molar-refractivity contribution in [2.24, 2.45) is 0 Å². The molecular weight excluding hydrogens is 390 g/mol. The molecular formula is C15H10F6O2S2. The summed E-state index contributed by atoms with van der Waals surface area (Å²) in [6, 6.07) is 0. The summed E-state index contributed by atoms with van der Waals surface area (Å²) in [4.78, 5) is -3.35. The van der Waals surface area contributed by atoms with Gasteiger partial charge in [0.05, 0.1) is 0 Å². The zero-order chi connectivity index (χ0) is 18.5. The average molecular weight is 400 g/mol. The molecule has 0 aromatic heterocycles. The molecule has 4 aliphatic rings. The second kappa shape index (κ2) is 4.71. The third-order valence-electron chi connectivity index (χ3n) is 4.86. The van der Waals surface area contributed by atoms with Gasteiger partial charge < -0.3 is 9.47 Å². The van der Waals surface area contributed by atoms with Gasteiger partial charge in [0.15, 0.2) is 9.87 Å². The number of ether oxygens (including phenoxy) is 2. The minimum Gasteiger partial charge on any atom is -0.358 e. The summed E-state index contributed by atoms with van der Waals surface area (Å²) in [7, 11) is 2.40. The van der Waals surface area contributed by atoms with E-state index in [1.165, 1.54) is 25.0 Å². The molecule has 0 aromatic carbocycles. The van der Waals surface area contributed by atoms with Crippen molar-refractivity contribution in [2.75, 3.05) is 14.2 Å². The van der Waals surface area contributed by atoms with E-state index in [1.54, 1.807) is 0 Å². The molecule has 0 N–H and O–H groups in total. The van der Waals surface area contributed by atoms with Gasteiger partial charge in [0.2, 0.25) is 0 Å². The molecule has 25 heavy (non-hydrogen) atoms. The first-order chi connectivity index (χ1) is 11.5. The Morgan fingerprint density at radius 1 is 0.720 bits per heavy atom. The van der Waals surface area contributed by atoms with E-state index in [-0.39, 0.29) is 0 Å². The minimum absolute atomic E-state index is 0.418. The van der Waals surface area contributed by atoms with E-state index in [4.69, 9.17) is 9.47 Å². The van der Waals surface area contributed by atoms with E-state index in [0.29, 0.717) is 0 Å². The maximum atomic E-state index is 14.5. The highest BCUT2D eigenvalue weighted by Crippen LogP contribution is 2.72. The normalized spacial score (nSPS) is 39.0. The van der Waals surface area contributed by atoms with Crippen LogP contribution < -0.4 is 0 Å². The van der Waals surface area contributed by atoms with Gasteiger partial charge in [-0.15, -0.1) is 0 Å². The van der Waals surface area contributed by atoms with Crippen molar-refractivity contribution in [3.63, 3.8) is 0 Å². The van der Waals surface area contributed by atoms with Crippen LogP contribution in [-0.2, 0) is 9.47 Å². The first-order valence-corrected chi connectivity index (χ1v) is 8.74. The van der Waals surface area contributed by atoms with Gasteiger partial charge in [0.25, 0.3) is 0 Å². The third-order valence-corrected chi connectivity index (χ3v) is 7.55. The molecule has 0 bridgehead atoms. The highest BCUT2D eigenvalue weighted by atomic mass is 32.2. The van der Waals surface area contributed by atoms with Gasteiger partial charge in [-0.2, -0.15) is 26.3 Å². The van der Waals surface area contributed by atoms with Gasteiger partial charge in [-0.25, -0.2) is 0 Å². The Balaban J connectivity index is 2.19. The van der Waals surface area contributed by atoms with Crippen molar-refractivity contribution in [2.45, 2.75) is 27.6 Å². The SMILES string of the molecule is CO[C@@]12SC=CC1=C1C(=C3C=CS[C@]32OC)C(F)(F)C(F)(F)C1(F)F. The fourth-order valence-electron chi connectivity index (χ4n) is 3.77. The van der Waals surface area contributed by atoms with E-state index in [0.717, 1.165) is 35.7 Å². The second-order valence-electron chi connectivity index (χ2n) is 5.78. The van der Waals surface area contributed by atoms with Crippen LogP contribution in [0.3, 0.4) is 0 Å². The molecule has 2 aliphatic heterocycles. The van der Waals surface area contributed by atoms with Crippen LogP contribution in [0.1, 0.15) is 0 Å². The fraction of sp³-hybridized carbons (Fsp3) is 0.467. The van der Waals surface area contributed by atoms with E-state index >= 15 is 0 Å². The Hall–Kier alpha value is -0.840. The highest BCUT2D eigenvalue weighted by Gasteiger charge is 2.85. The molecule has 0 spiro atoms. The Morgan fingerprint density at radius 2 is 1.08 bits per heavy atom. The van der Waals surface area contributed by atoms with Crippen LogP contribution in [0.15, 0.2) is 45.3 Å². The Morgan fingerprint density at radius 3 is 1.40 bits per heavy atom. The van der Waals surface area contributed by atoms with E-state index in [1.807, 2.05) is 0 Å². The summed E-state index contributed by atoms with van der Waals surface area (Å²) in [5.41, 5.74) is -3.59. The second-order valence-corrected chi connectivity index (χ2v) is 7.95. The molecule has 0 radical (unpaired) electrons. The summed E-state index contributed by atoms with van der Waals surface area (Å²) in [6.07, 6.45) is 2.23. The molecule has 1 fully saturated rings. The first kappa shape index (κ1) is 17.6. The van der Waals surface area contributed by atoms with Gasteiger partial charge in [-0.05, 0) is 23.0 Å². The summed E-state index contributed by atoms with van der Waals surface area (Å²) < 4.78 is 97.0. The van der Waals surface area contributed by atoms with Crippen molar-refractivity contribution >= 4 is 23.5 Å². The van der Waals surface area contributed by atoms with E-state index < -0.39 is 49.9 Å². The largest absolute Gasteiger partial charge is 0.380 e. The lowest BCUT2D eigenvalue weighted by molar-refractivity contribution is -0.258. The van der Waals surface area contributed by atoms with Crippen LogP contribution in [-0.4, -0.2) is 41.9 Å². The number of halogens is 6. The van der Waals surface area contributed by atoms with Gasteiger partial charge in [0, 0.05) is 36.5 Å². The molecule has 0 unspecified atom stereocenters. The molecule has 1 saturated carbocycles. The number of fused-ring (bicyclic) bond motifs is 4. The number of allylic oxidation sites excluding steroid dienone is 2. The molecule has 2 heterocycles.